The predicted octanol–water partition coefficient (Wildman–Crippen LogP) is 2.28. The van der Waals surface area contributed by atoms with E-state index >= 15 is 0 Å². The number of aliphatic hydroxyl groups excluding tert-OH is 1. The Labute approximate surface area is 192 Å². The summed E-state index contributed by atoms with van der Waals surface area (Å²) in [7, 11) is 0. The lowest BCUT2D eigenvalue weighted by Crippen LogP contribution is -2.52. The van der Waals surface area contributed by atoms with Gasteiger partial charge in [-0.05, 0) is 65.6 Å². The van der Waals surface area contributed by atoms with Crippen molar-refractivity contribution in [2.75, 3.05) is 6.54 Å². The summed E-state index contributed by atoms with van der Waals surface area (Å²) in [5.74, 6) is -0.621. The molecule has 1 spiro atoms. The number of aromatic nitrogens is 4. The summed E-state index contributed by atoms with van der Waals surface area (Å²) >= 11 is 6.22. The van der Waals surface area contributed by atoms with Crippen LogP contribution < -0.4 is 5.32 Å². The van der Waals surface area contributed by atoms with Crippen molar-refractivity contribution in [2.24, 2.45) is 10.8 Å². The molecule has 4 rings (SSSR count). The molecule has 2 heterocycles. The Kier molecular flexibility index (Phi) is 5.75. The van der Waals surface area contributed by atoms with E-state index in [2.05, 4.69) is 20.8 Å². The molecule has 2 unspecified atom stereocenters. The van der Waals surface area contributed by atoms with E-state index in [4.69, 9.17) is 11.6 Å². The Morgan fingerprint density at radius 3 is 2.62 bits per heavy atom. The first-order valence-electron chi connectivity index (χ1n) is 10.8. The number of tetrazole rings is 1. The lowest BCUT2D eigenvalue weighted by Gasteiger charge is -2.32. The van der Waals surface area contributed by atoms with Crippen LogP contribution in [0.3, 0.4) is 0 Å². The highest BCUT2D eigenvalue weighted by Gasteiger charge is 2.56. The van der Waals surface area contributed by atoms with Gasteiger partial charge < -0.3 is 15.3 Å². The van der Waals surface area contributed by atoms with Crippen LogP contribution in [0.2, 0.25) is 5.02 Å². The fourth-order valence-electron chi connectivity index (χ4n) is 4.33. The monoisotopic (exact) mass is 460 g/mol. The van der Waals surface area contributed by atoms with Crippen LogP contribution in [-0.2, 0) is 9.59 Å². The van der Waals surface area contributed by atoms with Gasteiger partial charge in [-0.1, -0.05) is 32.4 Å². The summed E-state index contributed by atoms with van der Waals surface area (Å²) in [4.78, 5) is 28.0. The average Bonchev–Trinajstić information content (AvgIpc) is 3.13. The van der Waals surface area contributed by atoms with Gasteiger partial charge >= 0.3 is 0 Å². The smallest absolute Gasteiger partial charge is 0.252 e. The molecule has 0 radical (unpaired) electrons. The van der Waals surface area contributed by atoms with E-state index in [1.54, 1.807) is 23.1 Å². The number of benzene rings is 1. The zero-order chi connectivity index (χ0) is 23.3. The van der Waals surface area contributed by atoms with Crippen LogP contribution in [0.5, 0.6) is 0 Å². The molecule has 3 atom stereocenters. The molecule has 9 nitrogen and oxygen atoms in total. The van der Waals surface area contributed by atoms with E-state index in [9.17, 15) is 14.7 Å². The molecule has 1 saturated carbocycles. The number of nitrogens with one attached hydrogen (secondary N) is 1. The van der Waals surface area contributed by atoms with Crippen LogP contribution in [-0.4, -0.2) is 60.7 Å². The molecule has 2 aromatic rings. The van der Waals surface area contributed by atoms with E-state index in [0.717, 1.165) is 18.4 Å². The Morgan fingerprint density at radius 1 is 1.31 bits per heavy atom. The zero-order valence-corrected chi connectivity index (χ0v) is 19.5. The van der Waals surface area contributed by atoms with E-state index < -0.39 is 23.6 Å². The molecule has 1 aromatic carbocycles. The van der Waals surface area contributed by atoms with E-state index in [1.807, 2.05) is 27.7 Å². The molecular weight excluding hydrogens is 432 g/mol. The van der Waals surface area contributed by atoms with Gasteiger partial charge in [-0.15, -0.1) is 5.10 Å². The van der Waals surface area contributed by atoms with Gasteiger partial charge in [0.2, 0.25) is 5.91 Å². The SMILES string of the molecule is CC(NC(=O)[C@@H]1CC2(CC2)CN1C(=O)C(O)C(C)(C)C)c1cc(Cl)ccc1-n1cnnn1. The standard InChI is InChI=1S/C22H29ClN6O3/c1-13(15-9-14(23)5-6-16(15)29-12-24-26-27-29)25-19(31)17-10-22(7-8-22)11-28(17)20(32)18(30)21(2,3)4/h5-6,9,12-13,17-18,30H,7-8,10-11H2,1-4H3,(H,25,31)/t13?,17-,18?/m0/s1. The normalized spacial score (nSPS) is 21.4. The van der Waals surface area contributed by atoms with Crippen molar-refractivity contribution in [2.45, 2.75) is 65.1 Å². The third-order valence-corrected chi connectivity index (χ3v) is 6.75. The van der Waals surface area contributed by atoms with Crippen LogP contribution >= 0.6 is 11.6 Å². The Hall–Kier alpha value is -2.52. The number of likely N-dealkylation sites (tertiary alicyclic amines) is 1. The molecule has 1 aliphatic carbocycles. The Morgan fingerprint density at radius 2 is 2.03 bits per heavy atom. The molecule has 172 valence electrons. The van der Waals surface area contributed by atoms with Gasteiger partial charge in [0, 0.05) is 17.1 Å². The van der Waals surface area contributed by atoms with Crippen LogP contribution in [0.4, 0.5) is 0 Å². The van der Waals surface area contributed by atoms with E-state index in [0.29, 0.717) is 23.7 Å². The number of aliphatic hydroxyl groups is 1. The second-order valence-electron chi connectivity index (χ2n) is 10.1. The van der Waals surface area contributed by atoms with Crippen molar-refractivity contribution in [1.82, 2.24) is 30.4 Å². The molecule has 1 aliphatic heterocycles. The maximum Gasteiger partial charge on any atom is 0.252 e. The van der Waals surface area contributed by atoms with Crippen molar-refractivity contribution in [3.63, 3.8) is 0 Å². The molecule has 2 N–H and O–H groups in total. The molecule has 1 saturated heterocycles. The van der Waals surface area contributed by atoms with Crippen LogP contribution in [0.1, 0.15) is 58.6 Å². The van der Waals surface area contributed by atoms with Gasteiger partial charge in [-0.3, -0.25) is 9.59 Å². The zero-order valence-electron chi connectivity index (χ0n) is 18.7. The molecule has 2 amide bonds. The maximum atomic E-state index is 13.3. The fraction of sp³-hybridized carbons (Fsp3) is 0.591. The summed E-state index contributed by atoms with van der Waals surface area (Å²) in [6.07, 6.45) is 2.93. The minimum absolute atomic E-state index is 0.00608. The first-order chi connectivity index (χ1) is 15.0. The molecular formula is C22H29ClN6O3. The van der Waals surface area contributed by atoms with Crippen molar-refractivity contribution in [1.29, 1.82) is 0 Å². The predicted molar refractivity (Wildman–Crippen MR) is 118 cm³/mol. The molecule has 0 bridgehead atoms. The topological polar surface area (TPSA) is 113 Å². The number of rotatable bonds is 5. The maximum absolute atomic E-state index is 13.3. The third kappa shape index (κ3) is 4.36. The minimum atomic E-state index is -1.16. The number of carbonyl (C=O) groups excluding carboxylic acids is 2. The van der Waals surface area contributed by atoms with Gasteiger partial charge in [-0.2, -0.15) is 0 Å². The second kappa shape index (κ2) is 8.12. The highest BCUT2D eigenvalue weighted by atomic mass is 35.5. The molecule has 32 heavy (non-hydrogen) atoms. The third-order valence-electron chi connectivity index (χ3n) is 6.52. The van der Waals surface area contributed by atoms with Gasteiger partial charge in [0.05, 0.1) is 11.7 Å². The molecule has 2 fully saturated rings. The van der Waals surface area contributed by atoms with Crippen LogP contribution in [0, 0.1) is 10.8 Å². The van der Waals surface area contributed by atoms with Crippen molar-refractivity contribution < 1.29 is 14.7 Å². The number of hydrogen-bond acceptors (Lipinski definition) is 6. The number of amides is 2. The number of carbonyl (C=O) groups is 2. The Bertz CT molecular complexity index is 1020. The average molecular weight is 461 g/mol. The van der Waals surface area contributed by atoms with Gasteiger partial charge in [0.25, 0.3) is 5.91 Å². The van der Waals surface area contributed by atoms with E-state index in [-0.39, 0.29) is 17.2 Å². The van der Waals surface area contributed by atoms with Crippen LogP contribution in [0.25, 0.3) is 5.69 Å². The minimum Gasteiger partial charge on any atom is -0.383 e. The van der Waals surface area contributed by atoms with Crippen molar-refractivity contribution in [3.05, 3.63) is 35.1 Å². The summed E-state index contributed by atoms with van der Waals surface area (Å²) < 4.78 is 1.51. The number of nitrogens with zero attached hydrogens (tertiary/aromatic N) is 5. The summed E-state index contributed by atoms with van der Waals surface area (Å²) in [5, 5.41) is 25.4. The largest absolute Gasteiger partial charge is 0.383 e. The molecule has 10 heteroatoms. The van der Waals surface area contributed by atoms with Gasteiger partial charge in [-0.25, -0.2) is 4.68 Å². The fourth-order valence-corrected chi connectivity index (χ4v) is 4.51. The van der Waals surface area contributed by atoms with E-state index in [1.165, 1.54) is 11.0 Å². The first kappa shape index (κ1) is 22.7. The van der Waals surface area contributed by atoms with Crippen LogP contribution in [0.15, 0.2) is 24.5 Å². The number of hydrogen-bond donors (Lipinski definition) is 2. The summed E-state index contributed by atoms with van der Waals surface area (Å²) in [6.45, 7) is 7.81. The highest BCUT2D eigenvalue weighted by Crippen LogP contribution is 2.55. The summed E-state index contributed by atoms with van der Waals surface area (Å²) in [6, 6.07) is 4.28. The number of halogens is 1. The lowest BCUT2D eigenvalue weighted by molar-refractivity contribution is -0.150. The lowest BCUT2D eigenvalue weighted by atomic mass is 9.88. The summed E-state index contributed by atoms with van der Waals surface area (Å²) in [5.41, 5.74) is 0.858. The van der Waals surface area contributed by atoms with Gasteiger partial charge in [0.15, 0.2) is 0 Å². The van der Waals surface area contributed by atoms with Gasteiger partial charge in [0.1, 0.15) is 18.5 Å². The van der Waals surface area contributed by atoms with Crippen molar-refractivity contribution in [3.8, 4) is 5.69 Å². The molecule has 1 aromatic heterocycles. The quantitative estimate of drug-likeness (QED) is 0.707. The molecule has 2 aliphatic rings. The first-order valence-corrected chi connectivity index (χ1v) is 11.2. The second-order valence-corrected chi connectivity index (χ2v) is 10.6. The van der Waals surface area contributed by atoms with Crippen molar-refractivity contribution >= 4 is 23.4 Å². The highest BCUT2D eigenvalue weighted by molar-refractivity contribution is 6.30. The Balaban J connectivity index is 1.55.